The van der Waals surface area contributed by atoms with Crippen LogP contribution in [0.2, 0.25) is 0 Å². The summed E-state index contributed by atoms with van der Waals surface area (Å²) < 4.78 is 1.09. The van der Waals surface area contributed by atoms with Crippen molar-refractivity contribution in [3.05, 3.63) is 33.3 Å². The van der Waals surface area contributed by atoms with Gasteiger partial charge in [-0.15, -0.1) is 0 Å². The molecule has 0 amide bonds. The van der Waals surface area contributed by atoms with E-state index in [1.165, 1.54) is 24.0 Å². The van der Waals surface area contributed by atoms with Gasteiger partial charge in [0.2, 0.25) is 0 Å². The van der Waals surface area contributed by atoms with Gasteiger partial charge in [-0.25, -0.2) is 0 Å². The summed E-state index contributed by atoms with van der Waals surface area (Å²) in [5.74, 6) is 0.150. The summed E-state index contributed by atoms with van der Waals surface area (Å²) >= 11 is 3.57. The molecule has 16 heavy (non-hydrogen) atoms. The Morgan fingerprint density at radius 3 is 2.81 bits per heavy atom. The Labute approximate surface area is 104 Å². The minimum absolute atomic E-state index is 0.150. The Morgan fingerprint density at radius 1 is 1.31 bits per heavy atom. The highest BCUT2D eigenvalue weighted by molar-refractivity contribution is 9.10. The molecule has 1 aliphatic rings. The van der Waals surface area contributed by atoms with E-state index >= 15 is 0 Å². The summed E-state index contributed by atoms with van der Waals surface area (Å²) in [6.07, 6.45) is 5.14. The van der Waals surface area contributed by atoms with E-state index in [0.717, 1.165) is 22.9 Å². The number of hydrogen-bond donors (Lipinski definition) is 1. The number of benzene rings is 1. The second-order valence-corrected chi connectivity index (χ2v) is 5.12. The van der Waals surface area contributed by atoms with Crippen molar-refractivity contribution >= 4 is 21.7 Å². The number of carbonyl (C=O) groups excluding carboxylic acids is 1. The third kappa shape index (κ3) is 2.36. The summed E-state index contributed by atoms with van der Waals surface area (Å²) in [5.41, 5.74) is 8.93. The van der Waals surface area contributed by atoms with E-state index in [1.807, 2.05) is 6.07 Å². The zero-order valence-electron chi connectivity index (χ0n) is 9.26. The Hall–Kier alpha value is -0.670. The van der Waals surface area contributed by atoms with Gasteiger partial charge in [0.05, 0.1) is 0 Å². The first-order valence-electron chi connectivity index (χ1n) is 5.77. The predicted molar refractivity (Wildman–Crippen MR) is 68.8 cm³/mol. The fourth-order valence-electron chi connectivity index (χ4n) is 2.25. The van der Waals surface area contributed by atoms with Gasteiger partial charge in [0.1, 0.15) is 0 Å². The van der Waals surface area contributed by atoms with Crippen LogP contribution in [0.5, 0.6) is 0 Å². The molecular formula is C13H16BrNO. The fraction of sp³-hybridized carbons (Fsp3) is 0.462. The molecule has 1 aliphatic carbocycles. The van der Waals surface area contributed by atoms with Gasteiger partial charge < -0.3 is 5.73 Å². The average Bonchev–Trinajstić information content (AvgIpc) is 2.29. The van der Waals surface area contributed by atoms with Crippen molar-refractivity contribution in [3.8, 4) is 0 Å². The van der Waals surface area contributed by atoms with Gasteiger partial charge >= 0.3 is 0 Å². The average molecular weight is 282 g/mol. The first-order valence-corrected chi connectivity index (χ1v) is 6.56. The van der Waals surface area contributed by atoms with Crippen LogP contribution in [0, 0.1) is 0 Å². The molecule has 0 fully saturated rings. The molecule has 3 heteroatoms. The van der Waals surface area contributed by atoms with Crippen LogP contribution in [0.4, 0.5) is 0 Å². The number of fused-ring (bicyclic) bond motifs is 1. The van der Waals surface area contributed by atoms with Crippen molar-refractivity contribution in [2.75, 3.05) is 6.54 Å². The summed E-state index contributed by atoms with van der Waals surface area (Å²) in [5, 5.41) is 0. The van der Waals surface area contributed by atoms with E-state index < -0.39 is 0 Å². The van der Waals surface area contributed by atoms with Crippen molar-refractivity contribution < 1.29 is 4.79 Å². The third-order valence-corrected chi connectivity index (χ3v) is 3.81. The maximum absolute atomic E-state index is 11.8. The Kier molecular flexibility index (Phi) is 3.77. The molecule has 1 aromatic rings. The number of aryl methyl sites for hydroxylation is 1. The lowest BCUT2D eigenvalue weighted by molar-refractivity contribution is 0.0985. The molecule has 2 nitrogen and oxygen atoms in total. The monoisotopic (exact) mass is 281 g/mol. The molecule has 2 rings (SSSR count). The van der Waals surface area contributed by atoms with Crippen LogP contribution in [-0.4, -0.2) is 12.3 Å². The molecule has 0 atom stereocenters. The molecule has 0 bridgehead atoms. The number of rotatable bonds is 3. The fourth-order valence-corrected chi connectivity index (χ4v) is 2.95. The highest BCUT2D eigenvalue weighted by Crippen LogP contribution is 2.30. The van der Waals surface area contributed by atoms with Crippen LogP contribution < -0.4 is 5.73 Å². The number of halogens is 1. The standard InChI is InChI=1S/C13H16BrNO/c14-12-8-10(13(16)5-6-15)7-9-3-1-2-4-11(9)12/h7-8H,1-6,15H2. The van der Waals surface area contributed by atoms with E-state index in [2.05, 4.69) is 22.0 Å². The summed E-state index contributed by atoms with van der Waals surface area (Å²) in [6, 6.07) is 4.00. The van der Waals surface area contributed by atoms with Gasteiger partial charge in [-0.1, -0.05) is 15.9 Å². The van der Waals surface area contributed by atoms with E-state index in [9.17, 15) is 4.79 Å². The van der Waals surface area contributed by atoms with E-state index in [0.29, 0.717) is 13.0 Å². The second kappa shape index (κ2) is 5.11. The minimum Gasteiger partial charge on any atom is -0.330 e. The van der Waals surface area contributed by atoms with Crippen LogP contribution in [0.25, 0.3) is 0 Å². The SMILES string of the molecule is NCCC(=O)c1cc(Br)c2c(c1)CCCC2. The highest BCUT2D eigenvalue weighted by atomic mass is 79.9. The van der Waals surface area contributed by atoms with Crippen LogP contribution in [0.1, 0.15) is 40.7 Å². The summed E-state index contributed by atoms with van der Waals surface area (Å²) in [4.78, 5) is 11.8. The third-order valence-electron chi connectivity index (χ3n) is 3.10. The normalized spacial score (nSPS) is 14.6. The molecule has 86 valence electrons. The van der Waals surface area contributed by atoms with Crippen molar-refractivity contribution in [1.82, 2.24) is 0 Å². The van der Waals surface area contributed by atoms with Gasteiger partial charge in [-0.2, -0.15) is 0 Å². The number of hydrogen-bond acceptors (Lipinski definition) is 2. The molecule has 0 aliphatic heterocycles. The highest BCUT2D eigenvalue weighted by Gasteiger charge is 2.15. The smallest absolute Gasteiger partial charge is 0.164 e. The van der Waals surface area contributed by atoms with E-state index in [-0.39, 0.29) is 5.78 Å². The number of carbonyl (C=O) groups is 1. The molecule has 0 saturated carbocycles. The lowest BCUT2D eigenvalue weighted by atomic mass is 9.89. The minimum atomic E-state index is 0.150. The van der Waals surface area contributed by atoms with Crippen molar-refractivity contribution in [2.24, 2.45) is 5.73 Å². The lowest BCUT2D eigenvalue weighted by Gasteiger charge is -2.18. The molecule has 0 radical (unpaired) electrons. The molecule has 0 unspecified atom stereocenters. The van der Waals surface area contributed by atoms with Crippen LogP contribution in [0.3, 0.4) is 0 Å². The molecule has 0 spiro atoms. The maximum atomic E-state index is 11.8. The van der Waals surface area contributed by atoms with Gasteiger partial charge in [0.25, 0.3) is 0 Å². The molecular weight excluding hydrogens is 266 g/mol. The quantitative estimate of drug-likeness (QED) is 0.866. The van der Waals surface area contributed by atoms with Gasteiger partial charge in [0.15, 0.2) is 5.78 Å². The van der Waals surface area contributed by atoms with Crippen LogP contribution in [0.15, 0.2) is 16.6 Å². The molecule has 0 saturated heterocycles. The number of nitrogens with two attached hydrogens (primary N) is 1. The van der Waals surface area contributed by atoms with Crippen LogP contribution >= 0.6 is 15.9 Å². The Balaban J connectivity index is 2.35. The summed E-state index contributed by atoms with van der Waals surface area (Å²) in [6.45, 7) is 0.424. The lowest BCUT2D eigenvalue weighted by Crippen LogP contribution is -2.11. The number of Topliss-reactive ketones (excluding diaryl/α,β-unsaturated/α-hetero) is 1. The Morgan fingerprint density at radius 2 is 2.06 bits per heavy atom. The molecule has 0 heterocycles. The zero-order chi connectivity index (χ0) is 11.5. The Bertz CT molecular complexity index is 415. The van der Waals surface area contributed by atoms with Crippen molar-refractivity contribution in [1.29, 1.82) is 0 Å². The molecule has 2 N–H and O–H groups in total. The zero-order valence-corrected chi connectivity index (χ0v) is 10.8. The molecule has 0 aromatic heterocycles. The number of ketones is 1. The van der Waals surface area contributed by atoms with Crippen molar-refractivity contribution in [2.45, 2.75) is 32.1 Å². The van der Waals surface area contributed by atoms with Gasteiger partial charge in [-0.05, 0) is 55.5 Å². The second-order valence-electron chi connectivity index (χ2n) is 4.26. The van der Waals surface area contributed by atoms with Gasteiger partial charge in [-0.3, -0.25) is 4.79 Å². The van der Waals surface area contributed by atoms with E-state index in [1.54, 1.807) is 0 Å². The van der Waals surface area contributed by atoms with Crippen LogP contribution in [-0.2, 0) is 12.8 Å². The first-order chi connectivity index (χ1) is 7.72. The largest absolute Gasteiger partial charge is 0.330 e. The first kappa shape index (κ1) is 11.8. The van der Waals surface area contributed by atoms with Gasteiger partial charge in [0, 0.05) is 16.5 Å². The maximum Gasteiger partial charge on any atom is 0.164 e. The van der Waals surface area contributed by atoms with E-state index in [4.69, 9.17) is 5.73 Å². The predicted octanol–water partition coefficient (Wildman–Crippen LogP) is 2.86. The molecule has 1 aromatic carbocycles. The summed E-state index contributed by atoms with van der Waals surface area (Å²) in [7, 11) is 0. The topological polar surface area (TPSA) is 43.1 Å². The van der Waals surface area contributed by atoms with Crippen molar-refractivity contribution in [3.63, 3.8) is 0 Å².